The zero-order valence-corrected chi connectivity index (χ0v) is 11.8. The molecule has 0 aliphatic heterocycles. The Morgan fingerprint density at radius 1 is 1.42 bits per heavy atom. The van der Waals surface area contributed by atoms with Crippen LogP contribution in [0.25, 0.3) is 0 Å². The number of nitrogens with two attached hydrogens (primary N) is 1. The maximum Gasteiger partial charge on any atom is 0.134 e. The first-order chi connectivity index (χ1) is 9.04. The Bertz CT molecular complexity index is 552. The van der Waals surface area contributed by atoms with Crippen LogP contribution >= 0.6 is 11.6 Å². The van der Waals surface area contributed by atoms with E-state index in [1.54, 1.807) is 6.07 Å². The second kappa shape index (κ2) is 6.08. The maximum atomic E-state index is 6.00. The predicted octanol–water partition coefficient (Wildman–Crippen LogP) is 3.11. The van der Waals surface area contributed by atoms with Crippen molar-refractivity contribution in [1.29, 1.82) is 0 Å². The van der Waals surface area contributed by atoms with Gasteiger partial charge in [-0.25, -0.2) is 0 Å². The van der Waals surface area contributed by atoms with Crippen LogP contribution in [-0.2, 0) is 13.0 Å². The summed E-state index contributed by atoms with van der Waals surface area (Å²) < 4.78 is 10.8. The smallest absolute Gasteiger partial charge is 0.134 e. The van der Waals surface area contributed by atoms with Gasteiger partial charge in [-0.15, -0.1) is 0 Å². The number of aromatic nitrogens is 1. The summed E-state index contributed by atoms with van der Waals surface area (Å²) in [6, 6.07) is 7.44. The molecule has 0 spiro atoms. The van der Waals surface area contributed by atoms with E-state index in [9.17, 15) is 0 Å². The molecule has 0 bridgehead atoms. The van der Waals surface area contributed by atoms with E-state index in [2.05, 4.69) is 5.16 Å². The minimum atomic E-state index is 0.0510. The molecule has 1 aromatic carbocycles. The van der Waals surface area contributed by atoms with Crippen LogP contribution in [-0.4, -0.2) is 11.2 Å². The third kappa shape index (κ3) is 3.98. The first-order valence-corrected chi connectivity index (χ1v) is 6.51. The van der Waals surface area contributed by atoms with Gasteiger partial charge in [0.15, 0.2) is 0 Å². The number of halogens is 1. The van der Waals surface area contributed by atoms with Crippen molar-refractivity contribution in [3.05, 3.63) is 46.3 Å². The van der Waals surface area contributed by atoms with Gasteiger partial charge in [-0.1, -0.05) is 16.8 Å². The summed E-state index contributed by atoms with van der Waals surface area (Å²) in [5, 5.41) is 4.57. The summed E-state index contributed by atoms with van der Waals surface area (Å²) in [6.45, 7) is 4.16. The topological polar surface area (TPSA) is 61.3 Å². The molecule has 4 nitrogen and oxygen atoms in total. The van der Waals surface area contributed by atoms with Crippen LogP contribution in [0.2, 0.25) is 5.02 Å². The van der Waals surface area contributed by atoms with E-state index in [1.165, 1.54) is 0 Å². The summed E-state index contributed by atoms with van der Waals surface area (Å²) in [6.07, 6.45) is 0.716. The molecule has 2 aromatic rings. The summed E-state index contributed by atoms with van der Waals surface area (Å²) in [5.74, 6) is 1.55. The highest BCUT2D eigenvalue weighted by atomic mass is 35.5. The first kappa shape index (κ1) is 13.9. The monoisotopic (exact) mass is 280 g/mol. The van der Waals surface area contributed by atoms with Crippen LogP contribution < -0.4 is 10.5 Å². The van der Waals surface area contributed by atoms with Gasteiger partial charge in [-0.3, -0.25) is 0 Å². The molecule has 1 atom stereocenters. The maximum absolute atomic E-state index is 6.00. The summed E-state index contributed by atoms with van der Waals surface area (Å²) in [7, 11) is 0. The lowest BCUT2D eigenvalue weighted by Gasteiger charge is -2.12. The second-order valence-corrected chi connectivity index (χ2v) is 5.09. The number of benzene rings is 1. The van der Waals surface area contributed by atoms with Crippen molar-refractivity contribution in [2.45, 2.75) is 32.9 Å². The molecule has 1 aromatic heterocycles. The highest BCUT2D eigenvalue weighted by Gasteiger charge is 2.09. The SMILES string of the molecule is Cc1cc(COc2ccc(Cl)cc2CC(C)N)no1. The van der Waals surface area contributed by atoms with E-state index in [-0.39, 0.29) is 6.04 Å². The Morgan fingerprint density at radius 3 is 2.84 bits per heavy atom. The third-order valence-electron chi connectivity index (χ3n) is 2.62. The molecule has 19 heavy (non-hydrogen) atoms. The number of rotatable bonds is 5. The molecule has 0 saturated carbocycles. The van der Waals surface area contributed by atoms with E-state index >= 15 is 0 Å². The lowest BCUT2D eigenvalue weighted by molar-refractivity contribution is 0.285. The molecule has 2 N–H and O–H groups in total. The number of hydrogen-bond donors (Lipinski definition) is 1. The zero-order chi connectivity index (χ0) is 13.8. The molecule has 1 heterocycles. The Hall–Kier alpha value is -1.52. The normalized spacial score (nSPS) is 12.4. The average Bonchev–Trinajstić information content (AvgIpc) is 2.73. The van der Waals surface area contributed by atoms with Gasteiger partial charge in [-0.2, -0.15) is 0 Å². The fraction of sp³-hybridized carbons (Fsp3) is 0.357. The van der Waals surface area contributed by atoms with Gasteiger partial charge in [0.2, 0.25) is 0 Å². The van der Waals surface area contributed by atoms with Crippen LogP contribution in [0.3, 0.4) is 0 Å². The highest BCUT2D eigenvalue weighted by molar-refractivity contribution is 6.30. The van der Waals surface area contributed by atoms with E-state index in [0.717, 1.165) is 22.8 Å². The molecule has 102 valence electrons. The summed E-state index contributed by atoms with van der Waals surface area (Å²) in [4.78, 5) is 0. The molecule has 0 amide bonds. The first-order valence-electron chi connectivity index (χ1n) is 6.13. The minimum Gasteiger partial charge on any atom is -0.487 e. The quantitative estimate of drug-likeness (QED) is 0.914. The molecule has 0 saturated heterocycles. The van der Waals surface area contributed by atoms with E-state index in [1.807, 2.05) is 32.0 Å². The average molecular weight is 281 g/mol. The second-order valence-electron chi connectivity index (χ2n) is 4.65. The largest absolute Gasteiger partial charge is 0.487 e. The predicted molar refractivity (Wildman–Crippen MR) is 74.4 cm³/mol. The van der Waals surface area contributed by atoms with Crippen molar-refractivity contribution in [3.63, 3.8) is 0 Å². The Morgan fingerprint density at radius 2 is 2.21 bits per heavy atom. The van der Waals surface area contributed by atoms with Gasteiger partial charge in [0.25, 0.3) is 0 Å². The number of aryl methyl sites for hydroxylation is 1. The molecule has 0 aliphatic rings. The van der Waals surface area contributed by atoms with Gasteiger partial charge in [0.05, 0.1) is 0 Å². The molecule has 0 radical (unpaired) electrons. The Labute approximate surface area is 117 Å². The van der Waals surface area contributed by atoms with Crippen molar-refractivity contribution in [3.8, 4) is 5.75 Å². The zero-order valence-electron chi connectivity index (χ0n) is 11.0. The lowest BCUT2D eigenvalue weighted by Crippen LogP contribution is -2.18. The van der Waals surface area contributed by atoms with E-state index < -0.39 is 0 Å². The van der Waals surface area contributed by atoms with Gasteiger partial charge < -0.3 is 15.0 Å². The van der Waals surface area contributed by atoms with Crippen molar-refractivity contribution in [2.75, 3.05) is 0 Å². The van der Waals surface area contributed by atoms with Crippen LogP contribution in [0.1, 0.15) is 23.9 Å². The number of ether oxygens (including phenoxy) is 1. The van der Waals surface area contributed by atoms with Crippen LogP contribution in [0, 0.1) is 6.92 Å². The number of hydrogen-bond acceptors (Lipinski definition) is 4. The molecular formula is C14H17ClN2O2. The minimum absolute atomic E-state index is 0.0510. The standard InChI is InChI=1S/C14H17ClN2O2/c1-9(16)5-11-7-12(15)3-4-14(11)18-8-13-6-10(2)19-17-13/h3-4,6-7,9H,5,8,16H2,1-2H3. The van der Waals surface area contributed by atoms with E-state index in [0.29, 0.717) is 18.1 Å². The van der Waals surface area contributed by atoms with Crippen molar-refractivity contribution in [1.82, 2.24) is 5.16 Å². The molecule has 1 unspecified atom stereocenters. The molecule has 5 heteroatoms. The van der Waals surface area contributed by atoms with Gasteiger partial charge in [-0.05, 0) is 44.0 Å². The van der Waals surface area contributed by atoms with Gasteiger partial charge >= 0.3 is 0 Å². The van der Waals surface area contributed by atoms with Gasteiger partial charge in [0, 0.05) is 17.1 Å². The van der Waals surface area contributed by atoms with Crippen molar-refractivity contribution >= 4 is 11.6 Å². The fourth-order valence-corrected chi connectivity index (χ4v) is 2.03. The Balaban J connectivity index is 2.10. The third-order valence-corrected chi connectivity index (χ3v) is 2.85. The Kier molecular flexibility index (Phi) is 4.45. The molecular weight excluding hydrogens is 264 g/mol. The highest BCUT2D eigenvalue weighted by Crippen LogP contribution is 2.25. The van der Waals surface area contributed by atoms with Gasteiger partial charge in [0.1, 0.15) is 23.8 Å². The number of nitrogens with zero attached hydrogens (tertiary/aromatic N) is 1. The summed E-state index contributed by atoms with van der Waals surface area (Å²) in [5.41, 5.74) is 7.59. The molecule has 0 aliphatic carbocycles. The lowest BCUT2D eigenvalue weighted by atomic mass is 10.1. The van der Waals surface area contributed by atoms with Crippen LogP contribution in [0.5, 0.6) is 5.75 Å². The fourth-order valence-electron chi connectivity index (χ4n) is 1.83. The van der Waals surface area contributed by atoms with Crippen molar-refractivity contribution < 1.29 is 9.26 Å². The van der Waals surface area contributed by atoms with Crippen LogP contribution in [0.4, 0.5) is 0 Å². The molecule has 2 rings (SSSR count). The summed E-state index contributed by atoms with van der Waals surface area (Å²) >= 11 is 6.00. The molecule has 0 fully saturated rings. The van der Waals surface area contributed by atoms with Crippen molar-refractivity contribution in [2.24, 2.45) is 5.73 Å². The van der Waals surface area contributed by atoms with Crippen LogP contribution in [0.15, 0.2) is 28.8 Å². The van der Waals surface area contributed by atoms with E-state index in [4.69, 9.17) is 26.6 Å².